The van der Waals surface area contributed by atoms with Crippen molar-refractivity contribution in [2.75, 3.05) is 5.32 Å². The van der Waals surface area contributed by atoms with Crippen LogP contribution in [0.15, 0.2) is 42.7 Å². The highest BCUT2D eigenvalue weighted by Gasteiger charge is 2.10. The second kappa shape index (κ2) is 4.96. The Morgan fingerprint density at radius 3 is 2.75 bits per heavy atom. The molecule has 0 bridgehead atoms. The Labute approximate surface area is 118 Å². The van der Waals surface area contributed by atoms with Crippen molar-refractivity contribution in [1.29, 1.82) is 0 Å². The molecule has 0 amide bonds. The van der Waals surface area contributed by atoms with Gasteiger partial charge in [-0.3, -0.25) is 0 Å². The van der Waals surface area contributed by atoms with Crippen LogP contribution in [0.1, 0.15) is 29.7 Å². The van der Waals surface area contributed by atoms with Crippen LogP contribution in [0.2, 0.25) is 0 Å². The molecule has 0 aliphatic heterocycles. The molecular weight excluding hydrogens is 248 g/mol. The number of hydrogen-bond acceptors (Lipinski definition) is 3. The van der Waals surface area contributed by atoms with Crippen molar-refractivity contribution in [3.63, 3.8) is 0 Å². The standard InChI is InChI=1S/C16H18N4/c1-11-8-15-17-10-18-20(15)16(9-11)19-13(3)14-7-5-4-6-12(14)2/h4-10,13,19H,1-3H3. The van der Waals surface area contributed by atoms with Gasteiger partial charge in [0.05, 0.1) is 6.04 Å². The molecule has 2 aromatic heterocycles. The number of nitrogens with one attached hydrogen (secondary N) is 1. The van der Waals surface area contributed by atoms with E-state index in [1.54, 1.807) is 6.33 Å². The Hall–Kier alpha value is -2.36. The molecule has 4 heteroatoms. The summed E-state index contributed by atoms with van der Waals surface area (Å²) in [5.41, 5.74) is 4.62. The first-order valence-corrected chi connectivity index (χ1v) is 6.77. The number of benzene rings is 1. The number of aromatic nitrogens is 3. The van der Waals surface area contributed by atoms with Crippen LogP contribution in [0.25, 0.3) is 5.65 Å². The maximum atomic E-state index is 4.27. The number of rotatable bonds is 3. The van der Waals surface area contributed by atoms with Crippen LogP contribution in [0.4, 0.5) is 5.82 Å². The van der Waals surface area contributed by atoms with E-state index in [1.165, 1.54) is 16.7 Å². The third kappa shape index (κ3) is 2.25. The van der Waals surface area contributed by atoms with Gasteiger partial charge in [-0.15, -0.1) is 0 Å². The quantitative estimate of drug-likeness (QED) is 0.788. The van der Waals surface area contributed by atoms with Crippen LogP contribution in [-0.2, 0) is 0 Å². The lowest BCUT2D eigenvalue weighted by Gasteiger charge is -2.18. The van der Waals surface area contributed by atoms with Crippen LogP contribution in [0.5, 0.6) is 0 Å². The second-order valence-corrected chi connectivity index (χ2v) is 5.17. The van der Waals surface area contributed by atoms with E-state index in [0.717, 1.165) is 11.5 Å². The summed E-state index contributed by atoms with van der Waals surface area (Å²) in [7, 11) is 0. The Morgan fingerprint density at radius 1 is 1.15 bits per heavy atom. The zero-order valence-electron chi connectivity index (χ0n) is 12.0. The number of anilines is 1. The molecule has 3 aromatic rings. The van der Waals surface area contributed by atoms with E-state index in [4.69, 9.17) is 0 Å². The number of aryl methyl sites for hydroxylation is 2. The molecule has 0 saturated carbocycles. The Morgan fingerprint density at radius 2 is 1.95 bits per heavy atom. The first kappa shape index (κ1) is 12.7. The van der Waals surface area contributed by atoms with Crippen LogP contribution >= 0.6 is 0 Å². The Kier molecular flexibility index (Phi) is 3.14. The number of fused-ring (bicyclic) bond motifs is 1. The van der Waals surface area contributed by atoms with Gasteiger partial charge in [0.15, 0.2) is 5.65 Å². The topological polar surface area (TPSA) is 42.2 Å². The fraction of sp³-hybridized carbons (Fsp3) is 0.250. The van der Waals surface area contributed by atoms with E-state index >= 15 is 0 Å². The van der Waals surface area contributed by atoms with E-state index in [9.17, 15) is 0 Å². The highest BCUT2D eigenvalue weighted by molar-refractivity contribution is 5.52. The largest absolute Gasteiger partial charge is 0.363 e. The zero-order chi connectivity index (χ0) is 14.1. The Bertz CT molecular complexity index is 745. The summed E-state index contributed by atoms with van der Waals surface area (Å²) in [6.07, 6.45) is 1.58. The van der Waals surface area contributed by atoms with Crippen molar-refractivity contribution in [2.45, 2.75) is 26.8 Å². The van der Waals surface area contributed by atoms with Gasteiger partial charge in [0.1, 0.15) is 12.1 Å². The predicted octanol–water partition coefficient (Wildman–Crippen LogP) is 3.52. The van der Waals surface area contributed by atoms with Gasteiger partial charge < -0.3 is 5.32 Å². The summed E-state index contributed by atoms with van der Waals surface area (Å²) in [6.45, 7) is 6.36. The highest BCUT2D eigenvalue weighted by atomic mass is 15.3. The third-order valence-corrected chi connectivity index (χ3v) is 3.54. The summed E-state index contributed by atoms with van der Waals surface area (Å²) in [5.74, 6) is 0.966. The Balaban J connectivity index is 1.97. The van der Waals surface area contributed by atoms with Gasteiger partial charge >= 0.3 is 0 Å². The predicted molar refractivity (Wildman–Crippen MR) is 80.9 cm³/mol. The molecule has 0 saturated heterocycles. The molecule has 20 heavy (non-hydrogen) atoms. The summed E-state index contributed by atoms with van der Waals surface area (Å²) in [4.78, 5) is 4.25. The molecule has 0 spiro atoms. The summed E-state index contributed by atoms with van der Waals surface area (Å²) >= 11 is 0. The summed E-state index contributed by atoms with van der Waals surface area (Å²) in [6, 6.07) is 12.8. The molecule has 2 heterocycles. The normalized spacial score (nSPS) is 12.6. The zero-order valence-corrected chi connectivity index (χ0v) is 12.0. The van der Waals surface area contributed by atoms with Gasteiger partial charge in [-0.25, -0.2) is 4.98 Å². The molecule has 0 fully saturated rings. The molecule has 102 valence electrons. The van der Waals surface area contributed by atoms with Crippen molar-refractivity contribution in [3.05, 3.63) is 59.4 Å². The molecule has 1 atom stereocenters. The molecule has 3 rings (SSSR count). The average molecular weight is 266 g/mol. The number of hydrogen-bond donors (Lipinski definition) is 1. The van der Waals surface area contributed by atoms with E-state index in [0.29, 0.717) is 0 Å². The van der Waals surface area contributed by atoms with Gasteiger partial charge in [0.25, 0.3) is 0 Å². The molecular formula is C16H18N4. The summed E-state index contributed by atoms with van der Waals surface area (Å²) in [5, 5.41) is 7.80. The van der Waals surface area contributed by atoms with Gasteiger partial charge in [-0.1, -0.05) is 24.3 Å². The van der Waals surface area contributed by atoms with Crippen molar-refractivity contribution < 1.29 is 0 Å². The fourth-order valence-electron chi connectivity index (χ4n) is 2.53. The molecule has 4 nitrogen and oxygen atoms in total. The fourth-order valence-corrected chi connectivity index (χ4v) is 2.53. The van der Waals surface area contributed by atoms with Gasteiger partial charge in [0, 0.05) is 0 Å². The second-order valence-electron chi connectivity index (χ2n) is 5.17. The lowest BCUT2D eigenvalue weighted by molar-refractivity contribution is 0.838. The molecule has 0 radical (unpaired) electrons. The lowest BCUT2D eigenvalue weighted by Crippen LogP contribution is -2.11. The molecule has 1 aromatic carbocycles. The van der Waals surface area contributed by atoms with Crippen molar-refractivity contribution in [2.24, 2.45) is 0 Å². The minimum absolute atomic E-state index is 0.213. The molecule has 1 N–H and O–H groups in total. The lowest BCUT2D eigenvalue weighted by atomic mass is 10.0. The van der Waals surface area contributed by atoms with Gasteiger partial charge in [-0.05, 0) is 49.6 Å². The maximum absolute atomic E-state index is 4.27. The van der Waals surface area contributed by atoms with Gasteiger partial charge in [0.2, 0.25) is 0 Å². The SMILES string of the molecule is Cc1cc(NC(C)c2ccccc2C)n2ncnc2c1. The highest BCUT2D eigenvalue weighted by Crippen LogP contribution is 2.23. The first-order valence-electron chi connectivity index (χ1n) is 6.77. The third-order valence-electron chi connectivity index (χ3n) is 3.54. The summed E-state index contributed by atoms with van der Waals surface area (Å²) < 4.78 is 1.84. The van der Waals surface area contributed by atoms with E-state index in [2.05, 4.69) is 66.5 Å². The minimum Gasteiger partial charge on any atom is -0.363 e. The molecule has 0 aliphatic carbocycles. The van der Waals surface area contributed by atoms with Crippen molar-refractivity contribution in [1.82, 2.24) is 14.6 Å². The minimum atomic E-state index is 0.213. The van der Waals surface area contributed by atoms with E-state index in [1.807, 2.05) is 10.6 Å². The van der Waals surface area contributed by atoms with E-state index < -0.39 is 0 Å². The molecule has 0 aliphatic rings. The van der Waals surface area contributed by atoms with Crippen LogP contribution in [0.3, 0.4) is 0 Å². The maximum Gasteiger partial charge on any atom is 0.157 e. The van der Waals surface area contributed by atoms with Crippen LogP contribution in [0, 0.1) is 13.8 Å². The van der Waals surface area contributed by atoms with Crippen LogP contribution in [-0.4, -0.2) is 14.6 Å². The van der Waals surface area contributed by atoms with E-state index in [-0.39, 0.29) is 6.04 Å². The van der Waals surface area contributed by atoms with Crippen molar-refractivity contribution in [3.8, 4) is 0 Å². The monoisotopic (exact) mass is 266 g/mol. The first-order chi connectivity index (χ1) is 9.65. The van der Waals surface area contributed by atoms with Crippen molar-refractivity contribution >= 4 is 11.5 Å². The smallest absolute Gasteiger partial charge is 0.157 e. The average Bonchev–Trinajstić information content (AvgIpc) is 2.87. The number of pyridine rings is 1. The molecule has 1 unspecified atom stereocenters. The van der Waals surface area contributed by atoms with Gasteiger partial charge in [-0.2, -0.15) is 9.61 Å². The van der Waals surface area contributed by atoms with Crippen LogP contribution < -0.4 is 5.32 Å². The number of nitrogens with zero attached hydrogens (tertiary/aromatic N) is 3.